The zero-order valence-corrected chi connectivity index (χ0v) is 9.32. The van der Waals surface area contributed by atoms with E-state index in [0.29, 0.717) is 13.0 Å². The third-order valence-corrected chi connectivity index (χ3v) is 2.27. The van der Waals surface area contributed by atoms with E-state index in [1.807, 2.05) is 6.92 Å². The second-order valence-electron chi connectivity index (χ2n) is 3.78. The van der Waals surface area contributed by atoms with E-state index < -0.39 is 5.97 Å². The number of amides is 1. The third kappa shape index (κ3) is 6.90. The van der Waals surface area contributed by atoms with Crippen molar-refractivity contribution in [3.63, 3.8) is 0 Å². The Morgan fingerprint density at radius 2 is 2.00 bits per heavy atom. The van der Waals surface area contributed by atoms with Gasteiger partial charge in [-0.25, -0.2) is 0 Å². The van der Waals surface area contributed by atoms with Crippen LogP contribution in [-0.2, 0) is 9.59 Å². The Labute approximate surface area is 90.0 Å². The number of carbonyl (C=O) groups is 2. The standard InChI is InChI=1S/C10H20N2O3/c1-3-8(6-11)5-9(13)12-7(2)4-10(14)15/h7-8H,3-6,11H2,1-2H3,(H,12,13)(H,14,15). The summed E-state index contributed by atoms with van der Waals surface area (Å²) in [4.78, 5) is 21.8. The van der Waals surface area contributed by atoms with Crippen molar-refractivity contribution in [3.05, 3.63) is 0 Å². The van der Waals surface area contributed by atoms with Crippen LogP contribution < -0.4 is 11.1 Å². The van der Waals surface area contributed by atoms with Crippen LogP contribution in [0.1, 0.15) is 33.1 Å². The van der Waals surface area contributed by atoms with Crippen molar-refractivity contribution in [2.24, 2.45) is 11.7 Å². The average molecular weight is 216 g/mol. The fourth-order valence-corrected chi connectivity index (χ4v) is 1.30. The first-order valence-electron chi connectivity index (χ1n) is 5.20. The van der Waals surface area contributed by atoms with E-state index in [4.69, 9.17) is 10.8 Å². The number of carbonyl (C=O) groups excluding carboxylic acids is 1. The smallest absolute Gasteiger partial charge is 0.305 e. The zero-order chi connectivity index (χ0) is 11.8. The van der Waals surface area contributed by atoms with Gasteiger partial charge in [0.25, 0.3) is 0 Å². The zero-order valence-electron chi connectivity index (χ0n) is 9.32. The maximum atomic E-state index is 11.4. The maximum Gasteiger partial charge on any atom is 0.305 e. The molecule has 15 heavy (non-hydrogen) atoms. The Morgan fingerprint density at radius 3 is 2.40 bits per heavy atom. The van der Waals surface area contributed by atoms with Crippen molar-refractivity contribution in [3.8, 4) is 0 Å². The normalized spacial score (nSPS) is 14.3. The van der Waals surface area contributed by atoms with Crippen LogP contribution in [0.4, 0.5) is 0 Å². The molecule has 0 aromatic rings. The number of aliphatic carboxylic acids is 1. The molecule has 0 rings (SSSR count). The van der Waals surface area contributed by atoms with Gasteiger partial charge in [-0.15, -0.1) is 0 Å². The SMILES string of the molecule is CCC(CN)CC(=O)NC(C)CC(=O)O. The highest BCUT2D eigenvalue weighted by molar-refractivity contribution is 5.77. The van der Waals surface area contributed by atoms with Gasteiger partial charge in [0.05, 0.1) is 6.42 Å². The highest BCUT2D eigenvalue weighted by Gasteiger charge is 2.14. The molecular formula is C10H20N2O3. The molecule has 4 N–H and O–H groups in total. The minimum atomic E-state index is -0.909. The van der Waals surface area contributed by atoms with Crippen molar-refractivity contribution in [1.82, 2.24) is 5.32 Å². The molecule has 0 aliphatic rings. The summed E-state index contributed by atoms with van der Waals surface area (Å²) in [6.45, 7) is 4.14. The summed E-state index contributed by atoms with van der Waals surface area (Å²) in [7, 11) is 0. The van der Waals surface area contributed by atoms with Gasteiger partial charge < -0.3 is 16.2 Å². The van der Waals surface area contributed by atoms with E-state index in [0.717, 1.165) is 6.42 Å². The molecule has 88 valence electrons. The summed E-state index contributed by atoms with van der Waals surface area (Å²) in [5.74, 6) is -0.850. The molecule has 0 aliphatic carbocycles. The van der Waals surface area contributed by atoms with E-state index >= 15 is 0 Å². The van der Waals surface area contributed by atoms with Crippen LogP contribution in [0.25, 0.3) is 0 Å². The predicted molar refractivity (Wildman–Crippen MR) is 57.3 cm³/mol. The molecule has 0 saturated heterocycles. The topological polar surface area (TPSA) is 92.4 Å². The van der Waals surface area contributed by atoms with E-state index in [-0.39, 0.29) is 24.3 Å². The lowest BCUT2D eigenvalue weighted by Gasteiger charge is -2.15. The average Bonchev–Trinajstić information content (AvgIpc) is 2.12. The summed E-state index contributed by atoms with van der Waals surface area (Å²) in [5.41, 5.74) is 5.47. The molecular weight excluding hydrogens is 196 g/mol. The van der Waals surface area contributed by atoms with E-state index in [2.05, 4.69) is 5.32 Å². The number of nitrogens with one attached hydrogen (secondary N) is 1. The van der Waals surface area contributed by atoms with E-state index in [1.165, 1.54) is 0 Å². The van der Waals surface area contributed by atoms with Crippen LogP contribution >= 0.6 is 0 Å². The molecule has 2 unspecified atom stereocenters. The minimum absolute atomic E-state index is 0.0504. The van der Waals surface area contributed by atoms with Crippen molar-refractivity contribution < 1.29 is 14.7 Å². The molecule has 0 aliphatic heterocycles. The van der Waals surface area contributed by atoms with Gasteiger partial charge in [-0.2, -0.15) is 0 Å². The monoisotopic (exact) mass is 216 g/mol. The first-order chi connectivity index (χ1) is 6.99. The Bertz CT molecular complexity index is 215. The minimum Gasteiger partial charge on any atom is -0.481 e. The molecule has 5 nitrogen and oxygen atoms in total. The predicted octanol–water partition coefficient (Wildman–Crippen LogP) is 0.341. The number of nitrogens with two attached hydrogens (primary N) is 1. The second kappa shape index (κ2) is 7.23. The molecule has 0 aromatic heterocycles. The van der Waals surface area contributed by atoms with Crippen molar-refractivity contribution in [1.29, 1.82) is 0 Å². The fourth-order valence-electron chi connectivity index (χ4n) is 1.30. The molecule has 0 heterocycles. The first-order valence-corrected chi connectivity index (χ1v) is 5.20. The summed E-state index contributed by atoms with van der Waals surface area (Å²) in [6.07, 6.45) is 1.18. The lowest BCUT2D eigenvalue weighted by Crippen LogP contribution is -2.36. The fraction of sp³-hybridized carbons (Fsp3) is 0.800. The lowest BCUT2D eigenvalue weighted by atomic mass is 10.0. The van der Waals surface area contributed by atoms with Gasteiger partial charge >= 0.3 is 5.97 Å². The van der Waals surface area contributed by atoms with Crippen molar-refractivity contribution in [2.45, 2.75) is 39.2 Å². The van der Waals surface area contributed by atoms with Crippen molar-refractivity contribution >= 4 is 11.9 Å². The molecule has 2 atom stereocenters. The van der Waals surface area contributed by atoms with Crippen LogP contribution in [0, 0.1) is 5.92 Å². The van der Waals surface area contributed by atoms with Gasteiger partial charge in [-0.1, -0.05) is 13.3 Å². The van der Waals surface area contributed by atoms with Crippen molar-refractivity contribution in [2.75, 3.05) is 6.54 Å². The number of hydrogen-bond acceptors (Lipinski definition) is 3. The van der Waals surface area contributed by atoms with Gasteiger partial charge in [0, 0.05) is 12.5 Å². The molecule has 0 aromatic carbocycles. The van der Waals surface area contributed by atoms with E-state index in [1.54, 1.807) is 6.92 Å². The number of carboxylic acid groups (broad SMARTS) is 1. The van der Waals surface area contributed by atoms with Gasteiger partial charge in [0.2, 0.25) is 5.91 Å². The summed E-state index contributed by atoms with van der Waals surface area (Å²) in [5, 5.41) is 11.1. The summed E-state index contributed by atoms with van der Waals surface area (Å²) >= 11 is 0. The number of carboxylic acids is 1. The van der Waals surface area contributed by atoms with Crippen LogP contribution in [-0.4, -0.2) is 29.6 Å². The van der Waals surface area contributed by atoms with Gasteiger partial charge in [-0.05, 0) is 19.4 Å². The summed E-state index contributed by atoms with van der Waals surface area (Å²) < 4.78 is 0. The largest absolute Gasteiger partial charge is 0.481 e. The highest BCUT2D eigenvalue weighted by Crippen LogP contribution is 2.05. The van der Waals surface area contributed by atoms with Gasteiger partial charge in [-0.3, -0.25) is 9.59 Å². The second-order valence-corrected chi connectivity index (χ2v) is 3.78. The molecule has 1 amide bonds. The summed E-state index contributed by atoms with van der Waals surface area (Å²) in [6, 6.07) is -0.328. The Morgan fingerprint density at radius 1 is 1.40 bits per heavy atom. The Balaban J connectivity index is 3.86. The maximum absolute atomic E-state index is 11.4. The first kappa shape index (κ1) is 13.9. The van der Waals surface area contributed by atoms with Crippen LogP contribution in [0.5, 0.6) is 0 Å². The van der Waals surface area contributed by atoms with Crippen LogP contribution in [0.3, 0.4) is 0 Å². The lowest BCUT2D eigenvalue weighted by molar-refractivity contribution is -0.137. The van der Waals surface area contributed by atoms with Gasteiger partial charge in [0.1, 0.15) is 0 Å². The third-order valence-electron chi connectivity index (χ3n) is 2.27. The number of hydrogen-bond donors (Lipinski definition) is 3. The Kier molecular flexibility index (Phi) is 6.70. The van der Waals surface area contributed by atoms with Crippen LogP contribution in [0.2, 0.25) is 0 Å². The Hall–Kier alpha value is -1.10. The molecule has 0 saturated carbocycles. The van der Waals surface area contributed by atoms with E-state index in [9.17, 15) is 9.59 Å². The molecule has 0 bridgehead atoms. The van der Waals surface area contributed by atoms with Gasteiger partial charge in [0.15, 0.2) is 0 Å². The van der Waals surface area contributed by atoms with Crippen LogP contribution in [0.15, 0.2) is 0 Å². The quantitative estimate of drug-likeness (QED) is 0.572. The number of rotatable bonds is 7. The molecule has 0 fully saturated rings. The molecule has 0 radical (unpaired) electrons. The molecule has 0 spiro atoms. The highest BCUT2D eigenvalue weighted by atomic mass is 16.4. The molecule has 5 heteroatoms.